The van der Waals surface area contributed by atoms with E-state index in [2.05, 4.69) is 89.6 Å². The van der Waals surface area contributed by atoms with Crippen LogP contribution in [0, 0.1) is 0 Å². The molecular formula is C18H21I. The van der Waals surface area contributed by atoms with Crippen molar-refractivity contribution in [2.24, 2.45) is 0 Å². The summed E-state index contributed by atoms with van der Waals surface area (Å²) in [5, 5.41) is 0. The van der Waals surface area contributed by atoms with E-state index >= 15 is 0 Å². The highest BCUT2D eigenvalue weighted by Gasteiger charge is 2.09. The first kappa shape index (κ1) is 16.0. The van der Waals surface area contributed by atoms with Crippen molar-refractivity contribution in [2.45, 2.75) is 26.7 Å². The zero-order valence-electron chi connectivity index (χ0n) is 11.7. The van der Waals surface area contributed by atoms with Gasteiger partial charge in [0.25, 0.3) is 0 Å². The second kappa shape index (κ2) is 8.92. The Kier molecular flexibility index (Phi) is 7.49. The average molecular weight is 364 g/mol. The molecule has 0 fully saturated rings. The molecule has 1 rings (SSSR count). The summed E-state index contributed by atoms with van der Waals surface area (Å²) in [6, 6.07) is 10.6. The molecule has 0 saturated heterocycles. The average Bonchev–Trinajstić information content (AvgIpc) is 2.41. The van der Waals surface area contributed by atoms with Crippen molar-refractivity contribution in [2.75, 3.05) is 0 Å². The Morgan fingerprint density at radius 3 is 2.47 bits per heavy atom. The Hall–Kier alpha value is -1.09. The molecule has 0 aliphatic heterocycles. The molecule has 0 aliphatic carbocycles. The van der Waals surface area contributed by atoms with Gasteiger partial charge < -0.3 is 0 Å². The Labute approximate surface area is 130 Å². The Morgan fingerprint density at radius 1 is 1.26 bits per heavy atom. The number of hydrogen-bond acceptors (Lipinski definition) is 0. The second-order valence-electron chi connectivity index (χ2n) is 4.39. The van der Waals surface area contributed by atoms with Gasteiger partial charge in [0.15, 0.2) is 0 Å². The van der Waals surface area contributed by atoms with Crippen molar-refractivity contribution < 1.29 is 0 Å². The first-order chi connectivity index (χ1) is 9.24. The highest BCUT2D eigenvalue weighted by atomic mass is 127. The lowest BCUT2D eigenvalue weighted by Crippen LogP contribution is -1.93. The lowest BCUT2D eigenvalue weighted by atomic mass is 9.90. The summed E-state index contributed by atoms with van der Waals surface area (Å²) >= 11 is 2.27. The summed E-state index contributed by atoms with van der Waals surface area (Å²) in [5.74, 6) is 0. The minimum atomic E-state index is 1.07. The van der Waals surface area contributed by atoms with Crippen molar-refractivity contribution in [3.8, 4) is 0 Å². The number of halogens is 1. The molecule has 1 heteroatoms. The normalized spacial score (nSPS) is 13.5. The molecule has 0 saturated carbocycles. The topological polar surface area (TPSA) is 0 Å². The minimum Gasteiger partial charge on any atom is -0.0991 e. The standard InChI is InChI=1S/C18H21I/c1-4-9-16(10-5-2)18(15(3)13-14-19)17-11-7-6-8-12-17/h4,6-9,11-14H,1,5,10H2,2-3H3/b14-13+,16-9+,18-15-. The van der Waals surface area contributed by atoms with E-state index in [-0.39, 0.29) is 0 Å². The summed E-state index contributed by atoms with van der Waals surface area (Å²) in [6.45, 7) is 8.23. The first-order valence-corrected chi connectivity index (χ1v) is 7.84. The number of allylic oxidation sites excluding steroid dienone is 6. The fourth-order valence-corrected chi connectivity index (χ4v) is 2.69. The lowest BCUT2D eigenvalue weighted by molar-refractivity contribution is 0.929. The molecular weight excluding hydrogens is 343 g/mol. The van der Waals surface area contributed by atoms with Crippen molar-refractivity contribution >= 4 is 28.2 Å². The van der Waals surface area contributed by atoms with Gasteiger partial charge in [0.1, 0.15) is 0 Å². The smallest absolute Gasteiger partial charge is 0.0122 e. The maximum Gasteiger partial charge on any atom is -0.0122 e. The third-order valence-corrected chi connectivity index (χ3v) is 3.29. The van der Waals surface area contributed by atoms with E-state index in [0.29, 0.717) is 0 Å². The van der Waals surface area contributed by atoms with Crippen LogP contribution in [0.4, 0.5) is 0 Å². The Bertz CT molecular complexity index is 490. The van der Waals surface area contributed by atoms with Crippen LogP contribution in [0.25, 0.3) is 5.57 Å². The van der Waals surface area contributed by atoms with Crippen LogP contribution in [0.2, 0.25) is 0 Å². The number of rotatable bonds is 6. The van der Waals surface area contributed by atoms with Gasteiger partial charge in [-0.2, -0.15) is 0 Å². The predicted octanol–water partition coefficient (Wildman–Crippen LogP) is 6.32. The van der Waals surface area contributed by atoms with E-state index < -0.39 is 0 Å². The highest BCUT2D eigenvalue weighted by Crippen LogP contribution is 2.30. The van der Waals surface area contributed by atoms with Gasteiger partial charge in [-0.3, -0.25) is 0 Å². The second-order valence-corrected chi connectivity index (χ2v) is 5.11. The molecule has 0 N–H and O–H groups in total. The molecule has 0 bridgehead atoms. The summed E-state index contributed by atoms with van der Waals surface area (Å²) in [6.07, 6.45) is 8.39. The van der Waals surface area contributed by atoms with Gasteiger partial charge in [-0.1, -0.05) is 91.1 Å². The van der Waals surface area contributed by atoms with Gasteiger partial charge in [0.2, 0.25) is 0 Å². The number of hydrogen-bond donors (Lipinski definition) is 0. The summed E-state index contributed by atoms with van der Waals surface area (Å²) in [7, 11) is 0. The minimum absolute atomic E-state index is 1.07. The largest absolute Gasteiger partial charge is 0.0991 e. The fourth-order valence-electron chi connectivity index (χ4n) is 2.15. The van der Waals surface area contributed by atoms with E-state index in [4.69, 9.17) is 0 Å². The SMILES string of the molecule is C=C/C=C(CCC)/C(=C(C)/C=C/I)c1ccccc1. The lowest BCUT2D eigenvalue weighted by Gasteiger charge is -2.14. The van der Waals surface area contributed by atoms with Gasteiger partial charge in [-0.15, -0.1) is 0 Å². The molecule has 0 spiro atoms. The van der Waals surface area contributed by atoms with Crippen molar-refractivity contribution in [1.29, 1.82) is 0 Å². The maximum absolute atomic E-state index is 3.85. The quantitative estimate of drug-likeness (QED) is 0.409. The molecule has 1 aromatic rings. The molecule has 0 aromatic heterocycles. The van der Waals surface area contributed by atoms with E-state index in [1.165, 1.54) is 22.3 Å². The molecule has 19 heavy (non-hydrogen) atoms. The Balaban J connectivity index is 3.39. The monoisotopic (exact) mass is 364 g/mol. The van der Waals surface area contributed by atoms with E-state index in [9.17, 15) is 0 Å². The zero-order chi connectivity index (χ0) is 14.1. The molecule has 0 unspecified atom stereocenters. The van der Waals surface area contributed by atoms with Gasteiger partial charge in [0.05, 0.1) is 0 Å². The van der Waals surface area contributed by atoms with Crippen molar-refractivity contribution in [3.63, 3.8) is 0 Å². The molecule has 0 heterocycles. The molecule has 0 amide bonds. The van der Waals surface area contributed by atoms with Crippen LogP contribution in [-0.2, 0) is 0 Å². The van der Waals surface area contributed by atoms with Gasteiger partial charge >= 0.3 is 0 Å². The number of benzene rings is 1. The summed E-state index contributed by atoms with van der Waals surface area (Å²) in [5.41, 5.74) is 5.25. The highest BCUT2D eigenvalue weighted by molar-refractivity contribution is 14.1. The van der Waals surface area contributed by atoms with Crippen LogP contribution < -0.4 is 0 Å². The Morgan fingerprint density at radius 2 is 1.95 bits per heavy atom. The fraction of sp³-hybridized carbons (Fsp3) is 0.222. The van der Waals surface area contributed by atoms with Crippen LogP contribution in [0.3, 0.4) is 0 Å². The molecule has 0 aliphatic rings. The van der Waals surface area contributed by atoms with E-state index in [1.807, 2.05) is 6.08 Å². The van der Waals surface area contributed by atoms with E-state index in [1.54, 1.807) is 0 Å². The van der Waals surface area contributed by atoms with Crippen LogP contribution in [0.5, 0.6) is 0 Å². The molecule has 0 radical (unpaired) electrons. The van der Waals surface area contributed by atoms with Crippen LogP contribution in [-0.4, -0.2) is 0 Å². The molecule has 0 nitrogen and oxygen atoms in total. The third-order valence-electron chi connectivity index (χ3n) is 2.93. The van der Waals surface area contributed by atoms with E-state index in [0.717, 1.165) is 12.8 Å². The molecule has 100 valence electrons. The van der Waals surface area contributed by atoms with Crippen molar-refractivity contribution in [3.05, 3.63) is 75.9 Å². The maximum atomic E-state index is 3.85. The summed E-state index contributed by atoms with van der Waals surface area (Å²) < 4.78 is 2.06. The third kappa shape index (κ3) is 4.83. The van der Waals surface area contributed by atoms with Gasteiger partial charge in [-0.25, -0.2) is 0 Å². The van der Waals surface area contributed by atoms with Gasteiger partial charge in [0, 0.05) is 0 Å². The zero-order valence-corrected chi connectivity index (χ0v) is 13.9. The predicted molar refractivity (Wildman–Crippen MR) is 95.4 cm³/mol. The molecule has 1 aromatic carbocycles. The van der Waals surface area contributed by atoms with Crippen LogP contribution in [0.1, 0.15) is 32.3 Å². The summed E-state index contributed by atoms with van der Waals surface area (Å²) in [4.78, 5) is 0. The first-order valence-electron chi connectivity index (χ1n) is 6.59. The molecule has 0 atom stereocenters. The van der Waals surface area contributed by atoms with Crippen molar-refractivity contribution in [1.82, 2.24) is 0 Å². The van der Waals surface area contributed by atoms with Crippen LogP contribution >= 0.6 is 22.6 Å². The van der Waals surface area contributed by atoms with Crippen LogP contribution in [0.15, 0.2) is 70.4 Å². The van der Waals surface area contributed by atoms with Gasteiger partial charge in [-0.05, 0) is 39.7 Å².